The molecule has 0 aromatic carbocycles. The number of hydrogen-bond acceptors (Lipinski definition) is 2. The average Bonchev–Trinajstić information content (AvgIpc) is 1.96. The van der Waals surface area contributed by atoms with E-state index in [9.17, 15) is 0 Å². The Morgan fingerprint density at radius 1 is 1.70 bits per heavy atom. The smallest absolute Gasteiger partial charge is 0.181 e. The first kappa shape index (κ1) is 8.31. The molecule has 1 aliphatic heterocycles. The molecule has 0 saturated carbocycles. The van der Waals surface area contributed by atoms with Gasteiger partial charge in [0.2, 0.25) is 0 Å². The van der Waals surface area contributed by atoms with Crippen molar-refractivity contribution in [2.45, 2.75) is 30.9 Å². The summed E-state index contributed by atoms with van der Waals surface area (Å²) in [7, 11) is 1.63. The molecule has 10 heavy (non-hydrogen) atoms. The Kier molecular flexibility index (Phi) is 2.55. The quantitative estimate of drug-likeness (QED) is 0.550. The van der Waals surface area contributed by atoms with Gasteiger partial charge in [-0.1, -0.05) is 0 Å². The monoisotopic (exact) mass is 164 g/mol. The van der Waals surface area contributed by atoms with E-state index >= 15 is 0 Å². The van der Waals surface area contributed by atoms with Crippen molar-refractivity contribution in [1.29, 1.82) is 0 Å². The molecule has 3 heteroatoms. The Morgan fingerprint density at radius 3 is 2.80 bits per heavy atom. The van der Waals surface area contributed by atoms with Crippen molar-refractivity contribution in [2.75, 3.05) is 13.7 Å². The van der Waals surface area contributed by atoms with Gasteiger partial charge in [0.1, 0.15) is 0 Å². The molecule has 1 saturated heterocycles. The highest BCUT2D eigenvalue weighted by Gasteiger charge is 2.36. The van der Waals surface area contributed by atoms with Crippen LogP contribution in [-0.2, 0) is 9.47 Å². The van der Waals surface area contributed by atoms with E-state index in [1.165, 1.54) is 0 Å². The third-order valence-electron chi connectivity index (χ3n) is 1.96. The molecule has 60 valence electrons. The zero-order valence-corrected chi connectivity index (χ0v) is 7.15. The van der Waals surface area contributed by atoms with E-state index in [0.29, 0.717) is 0 Å². The maximum atomic E-state index is 5.97. The Morgan fingerprint density at radius 2 is 2.40 bits per heavy atom. The van der Waals surface area contributed by atoms with Crippen LogP contribution < -0.4 is 0 Å². The lowest BCUT2D eigenvalue weighted by molar-refractivity contribution is -0.226. The van der Waals surface area contributed by atoms with Crippen LogP contribution in [0.15, 0.2) is 0 Å². The van der Waals surface area contributed by atoms with Crippen LogP contribution in [0.2, 0.25) is 0 Å². The first-order valence-electron chi connectivity index (χ1n) is 3.52. The first-order valence-corrected chi connectivity index (χ1v) is 3.96. The summed E-state index contributed by atoms with van der Waals surface area (Å²) in [6.07, 6.45) is 2.01. The van der Waals surface area contributed by atoms with E-state index in [2.05, 4.69) is 0 Å². The van der Waals surface area contributed by atoms with E-state index in [0.717, 1.165) is 19.4 Å². The first-order chi connectivity index (χ1) is 4.69. The normalized spacial score (nSPS) is 41.7. The van der Waals surface area contributed by atoms with Gasteiger partial charge in [-0.15, -0.1) is 11.6 Å². The molecule has 2 unspecified atom stereocenters. The van der Waals surface area contributed by atoms with E-state index in [1.807, 2.05) is 6.92 Å². The molecule has 1 heterocycles. The molecule has 2 atom stereocenters. The Labute approximate surface area is 66.5 Å². The molecule has 0 N–H and O–H groups in total. The second kappa shape index (κ2) is 3.07. The molecule has 1 aliphatic rings. The van der Waals surface area contributed by atoms with E-state index < -0.39 is 5.79 Å². The molecule has 0 spiro atoms. The molecule has 0 aromatic heterocycles. The van der Waals surface area contributed by atoms with Crippen LogP contribution in [-0.4, -0.2) is 24.9 Å². The highest BCUT2D eigenvalue weighted by molar-refractivity contribution is 6.21. The van der Waals surface area contributed by atoms with Gasteiger partial charge in [0.05, 0.1) is 12.0 Å². The molecular weight excluding hydrogens is 152 g/mol. The summed E-state index contributed by atoms with van der Waals surface area (Å²) in [6, 6.07) is 0. The standard InChI is InChI=1S/C7H13ClO2/c1-7(9-2)6(8)4-3-5-10-7/h6H,3-5H2,1-2H3. The minimum atomic E-state index is -0.556. The fourth-order valence-corrected chi connectivity index (χ4v) is 1.38. The zero-order chi connectivity index (χ0) is 7.61. The summed E-state index contributed by atoms with van der Waals surface area (Å²) in [5.41, 5.74) is 0. The lowest BCUT2D eigenvalue weighted by atomic mass is 10.1. The van der Waals surface area contributed by atoms with Crippen molar-refractivity contribution in [3.63, 3.8) is 0 Å². The van der Waals surface area contributed by atoms with Crippen molar-refractivity contribution >= 4 is 11.6 Å². The third-order valence-corrected chi connectivity index (χ3v) is 2.58. The van der Waals surface area contributed by atoms with Crippen LogP contribution in [0, 0.1) is 0 Å². The summed E-state index contributed by atoms with van der Waals surface area (Å²) in [5.74, 6) is -0.556. The maximum absolute atomic E-state index is 5.97. The fraction of sp³-hybridized carbons (Fsp3) is 1.00. The van der Waals surface area contributed by atoms with Crippen molar-refractivity contribution in [3.05, 3.63) is 0 Å². The summed E-state index contributed by atoms with van der Waals surface area (Å²) < 4.78 is 10.5. The molecule has 1 fully saturated rings. The van der Waals surface area contributed by atoms with Crippen LogP contribution in [0.5, 0.6) is 0 Å². The van der Waals surface area contributed by atoms with Gasteiger partial charge < -0.3 is 9.47 Å². The highest BCUT2D eigenvalue weighted by Crippen LogP contribution is 2.29. The Hall–Kier alpha value is 0.210. The number of rotatable bonds is 1. The predicted molar refractivity (Wildman–Crippen MR) is 40.2 cm³/mol. The fourth-order valence-electron chi connectivity index (χ4n) is 1.08. The number of methoxy groups -OCH3 is 1. The predicted octanol–water partition coefficient (Wildman–Crippen LogP) is 1.77. The minimum absolute atomic E-state index is 0.00810. The number of hydrogen-bond donors (Lipinski definition) is 0. The third kappa shape index (κ3) is 1.44. The highest BCUT2D eigenvalue weighted by atomic mass is 35.5. The van der Waals surface area contributed by atoms with Gasteiger partial charge in [-0.2, -0.15) is 0 Å². The van der Waals surface area contributed by atoms with Gasteiger partial charge in [0, 0.05) is 7.11 Å². The maximum Gasteiger partial charge on any atom is 0.181 e. The van der Waals surface area contributed by atoms with Gasteiger partial charge in [-0.05, 0) is 19.8 Å². The second-order valence-electron chi connectivity index (χ2n) is 2.68. The van der Waals surface area contributed by atoms with Gasteiger partial charge in [-0.3, -0.25) is 0 Å². The molecule has 0 bridgehead atoms. The molecule has 0 aromatic rings. The second-order valence-corrected chi connectivity index (χ2v) is 3.21. The number of alkyl halides is 1. The van der Waals surface area contributed by atoms with Gasteiger partial charge in [-0.25, -0.2) is 0 Å². The van der Waals surface area contributed by atoms with E-state index in [4.69, 9.17) is 21.1 Å². The van der Waals surface area contributed by atoms with Gasteiger partial charge >= 0.3 is 0 Å². The average molecular weight is 165 g/mol. The summed E-state index contributed by atoms with van der Waals surface area (Å²) in [4.78, 5) is 0. The van der Waals surface area contributed by atoms with Crippen LogP contribution in [0.4, 0.5) is 0 Å². The van der Waals surface area contributed by atoms with Crippen LogP contribution in [0.3, 0.4) is 0 Å². The molecule has 1 rings (SSSR count). The lowest BCUT2D eigenvalue weighted by Crippen LogP contribution is -2.44. The van der Waals surface area contributed by atoms with Crippen molar-refractivity contribution < 1.29 is 9.47 Å². The van der Waals surface area contributed by atoms with Crippen LogP contribution in [0.25, 0.3) is 0 Å². The Balaban J connectivity index is 2.54. The summed E-state index contributed by atoms with van der Waals surface area (Å²) >= 11 is 5.97. The summed E-state index contributed by atoms with van der Waals surface area (Å²) in [5, 5.41) is -0.00810. The van der Waals surface area contributed by atoms with Crippen molar-refractivity contribution in [2.24, 2.45) is 0 Å². The van der Waals surface area contributed by atoms with Crippen molar-refractivity contribution in [3.8, 4) is 0 Å². The van der Waals surface area contributed by atoms with Crippen LogP contribution in [0.1, 0.15) is 19.8 Å². The largest absolute Gasteiger partial charge is 0.352 e. The number of halogens is 1. The van der Waals surface area contributed by atoms with Gasteiger partial charge in [0.15, 0.2) is 5.79 Å². The summed E-state index contributed by atoms with van der Waals surface area (Å²) in [6.45, 7) is 2.64. The number of ether oxygens (including phenoxy) is 2. The minimum Gasteiger partial charge on any atom is -0.352 e. The molecule has 0 aliphatic carbocycles. The van der Waals surface area contributed by atoms with Crippen LogP contribution >= 0.6 is 11.6 Å². The van der Waals surface area contributed by atoms with Gasteiger partial charge in [0.25, 0.3) is 0 Å². The van der Waals surface area contributed by atoms with E-state index in [-0.39, 0.29) is 5.38 Å². The Bertz CT molecular complexity index is 118. The zero-order valence-electron chi connectivity index (χ0n) is 6.39. The topological polar surface area (TPSA) is 18.5 Å². The van der Waals surface area contributed by atoms with E-state index in [1.54, 1.807) is 7.11 Å². The lowest BCUT2D eigenvalue weighted by Gasteiger charge is -2.36. The molecule has 0 amide bonds. The molecule has 0 radical (unpaired) electrons. The van der Waals surface area contributed by atoms with Crippen molar-refractivity contribution in [1.82, 2.24) is 0 Å². The molecular formula is C7H13ClO2. The molecule has 2 nitrogen and oxygen atoms in total. The SMILES string of the molecule is COC1(C)OCCCC1Cl.